The first-order valence-electron chi connectivity index (χ1n) is 6.69. The average molecular weight is 293 g/mol. The maximum atomic E-state index is 12.1. The quantitative estimate of drug-likeness (QED) is 0.553. The Bertz CT molecular complexity index is 500. The van der Waals surface area contributed by atoms with Gasteiger partial charge < -0.3 is 9.84 Å². The molecule has 1 rings (SSSR count). The standard InChI is InChI=1S/C15H19NO5/c1-3-21-15(20)12(16-10(2)14(18)19)9-13(17)11-7-5-4-6-8-11/h4-8,10,12,16H,3,9H2,1-2H3,(H,18,19)/t10-,12?/m0/s1. The summed E-state index contributed by atoms with van der Waals surface area (Å²) in [7, 11) is 0. The summed E-state index contributed by atoms with van der Waals surface area (Å²) in [5, 5.41) is 11.5. The van der Waals surface area contributed by atoms with Gasteiger partial charge in [-0.05, 0) is 13.8 Å². The molecule has 0 amide bonds. The van der Waals surface area contributed by atoms with E-state index in [0.29, 0.717) is 5.56 Å². The van der Waals surface area contributed by atoms with E-state index in [2.05, 4.69) is 5.32 Å². The van der Waals surface area contributed by atoms with Crippen LogP contribution in [0.25, 0.3) is 0 Å². The second-order valence-electron chi connectivity index (χ2n) is 4.52. The van der Waals surface area contributed by atoms with Crippen LogP contribution in [0.2, 0.25) is 0 Å². The molecule has 21 heavy (non-hydrogen) atoms. The van der Waals surface area contributed by atoms with E-state index in [1.807, 2.05) is 0 Å². The highest BCUT2D eigenvalue weighted by molar-refractivity contribution is 5.99. The summed E-state index contributed by atoms with van der Waals surface area (Å²) < 4.78 is 4.87. The van der Waals surface area contributed by atoms with Gasteiger partial charge in [0, 0.05) is 12.0 Å². The van der Waals surface area contributed by atoms with E-state index >= 15 is 0 Å². The van der Waals surface area contributed by atoms with E-state index in [1.54, 1.807) is 37.3 Å². The summed E-state index contributed by atoms with van der Waals surface area (Å²) >= 11 is 0. The molecule has 0 radical (unpaired) electrons. The van der Waals surface area contributed by atoms with Gasteiger partial charge in [0.15, 0.2) is 5.78 Å². The van der Waals surface area contributed by atoms with Gasteiger partial charge >= 0.3 is 11.9 Å². The fourth-order valence-corrected chi connectivity index (χ4v) is 1.75. The van der Waals surface area contributed by atoms with Crippen LogP contribution in [-0.2, 0) is 14.3 Å². The van der Waals surface area contributed by atoms with Crippen molar-refractivity contribution in [1.29, 1.82) is 0 Å². The van der Waals surface area contributed by atoms with Crippen molar-refractivity contribution in [2.75, 3.05) is 6.61 Å². The topological polar surface area (TPSA) is 92.7 Å². The molecule has 6 heteroatoms. The molecule has 1 unspecified atom stereocenters. The number of rotatable bonds is 8. The number of Topliss-reactive ketones (excluding diaryl/α,β-unsaturated/α-hetero) is 1. The molecule has 114 valence electrons. The first-order chi connectivity index (χ1) is 9.95. The number of nitrogens with one attached hydrogen (secondary N) is 1. The number of esters is 1. The molecule has 2 atom stereocenters. The Morgan fingerprint density at radius 1 is 1.24 bits per heavy atom. The van der Waals surface area contributed by atoms with E-state index in [4.69, 9.17) is 9.84 Å². The van der Waals surface area contributed by atoms with Gasteiger partial charge in [-0.25, -0.2) is 0 Å². The van der Waals surface area contributed by atoms with Crippen LogP contribution in [0, 0.1) is 0 Å². The molecule has 6 nitrogen and oxygen atoms in total. The molecule has 0 spiro atoms. The number of carbonyl (C=O) groups is 3. The molecular formula is C15H19NO5. The molecule has 0 fully saturated rings. The van der Waals surface area contributed by atoms with Gasteiger partial charge in [-0.15, -0.1) is 0 Å². The molecule has 2 N–H and O–H groups in total. The van der Waals surface area contributed by atoms with Crippen molar-refractivity contribution in [2.24, 2.45) is 0 Å². The fourth-order valence-electron chi connectivity index (χ4n) is 1.75. The van der Waals surface area contributed by atoms with Crippen molar-refractivity contribution in [1.82, 2.24) is 5.32 Å². The first kappa shape index (κ1) is 16.8. The van der Waals surface area contributed by atoms with Crippen molar-refractivity contribution >= 4 is 17.7 Å². The lowest BCUT2D eigenvalue weighted by Gasteiger charge is -2.19. The maximum Gasteiger partial charge on any atom is 0.323 e. The van der Waals surface area contributed by atoms with Gasteiger partial charge in [0.2, 0.25) is 0 Å². The predicted molar refractivity (Wildman–Crippen MR) is 76.0 cm³/mol. The minimum atomic E-state index is -1.10. The molecule has 0 bridgehead atoms. The monoisotopic (exact) mass is 293 g/mol. The highest BCUT2D eigenvalue weighted by Crippen LogP contribution is 2.07. The Morgan fingerprint density at radius 3 is 2.38 bits per heavy atom. The lowest BCUT2D eigenvalue weighted by molar-refractivity contribution is -0.146. The zero-order chi connectivity index (χ0) is 15.8. The van der Waals surface area contributed by atoms with Gasteiger partial charge in [0.05, 0.1) is 6.61 Å². The van der Waals surface area contributed by atoms with Gasteiger partial charge in [0.1, 0.15) is 12.1 Å². The second kappa shape index (κ2) is 8.16. The van der Waals surface area contributed by atoms with Crippen LogP contribution in [0.3, 0.4) is 0 Å². The van der Waals surface area contributed by atoms with E-state index < -0.39 is 24.0 Å². The normalized spacial score (nSPS) is 13.2. The predicted octanol–water partition coefficient (Wildman–Crippen LogP) is 1.25. The van der Waals surface area contributed by atoms with Gasteiger partial charge in [0.25, 0.3) is 0 Å². The fraction of sp³-hybridized carbons (Fsp3) is 0.400. The zero-order valence-corrected chi connectivity index (χ0v) is 12.0. The molecule has 0 aromatic heterocycles. The lowest BCUT2D eigenvalue weighted by Crippen LogP contribution is -2.47. The van der Waals surface area contributed by atoms with Crippen molar-refractivity contribution < 1.29 is 24.2 Å². The number of aliphatic carboxylic acids is 1. The van der Waals surface area contributed by atoms with E-state index in [1.165, 1.54) is 6.92 Å². The molecule has 0 heterocycles. The lowest BCUT2D eigenvalue weighted by atomic mass is 10.0. The zero-order valence-electron chi connectivity index (χ0n) is 12.0. The Labute approximate surface area is 123 Å². The van der Waals surface area contributed by atoms with Gasteiger partial charge in [-0.1, -0.05) is 30.3 Å². The highest BCUT2D eigenvalue weighted by atomic mass is 16.5. The van der Waals surface area contributed by atoms with Gasteiger partial charge in [-0.3, -0.25) is 19.7 Å². The average Bonchev–Trinajstić information content (AvgIpc) is 2.47. The Hall–Kier alpha value is -2.21. The third-order valence-corrected chi connectivity index (χ3v) is 2.88. The Balaban J connectivity index is 2.79. The van der Waals surface area contributed by atoms with Crippen LogP contribution in [0.5, 0.6) is 0 Å². The highest BCUT2D eigenvalue weighted by Gasteiger charge is 2.27. The number of carboxylic acid groups (broad SMARTS) is 1. The Kier molecular flexibility index (Phi) is 6.55. The summed E-state index contributed by atoms with van der Waals surface area (Å²) in [4.78, 5) is 34.8. The number of hydrogen-bond donors (Lipinski definition) is 2. The number of ether oxygens (including phenoxy) is 1. The number of carbonyl (C=O) groups excluding carboxylic acids is 2. The first-order valence-corrected chi connectivity index (χ1v) is 6.69. The minimum Gasteiger partial charge on any atom is -0.480 e. The summed E-state index contributed by atoms with van der Waals surface area (Å²) in [5.41, 5.74) is 0.469. The molecule has 1 aromatic carbocycles. The van der Waals surface area contributed by atoms with Gasteiger partial charge in [-0.2, -0.15) is 0 Å². The smallest absolute Gasteiger partial charge is 0.323 e. The second-order valence-corrected chi connectivity index (χ2v) is 4.52. The van der Waals surface area contributed by atoms with Crippen LogP contribution < -0.4 is 5.32 Å². The van der Waals surface area contributed by atoms with Crippen molar-refractivity contribution in [3.8, 4) is 0 Å². The summed E-state index contributed by atoms with van der Waals surface area (Å²) in [5.74, 6) is -1.98. The largest absolute Gasteiger partial charge is 0.480 e. The Morgan fingerprint density at radius 2 is 1.86 bits per heavy atom. The molecule has 0 aliphatic carbocycles. The van der Waals surface area contributed by atoms with Crippen molar-refractivity contribution in [2.45, 2.75) is 32.4 Å². The molecule has 1 aromatic rings. The number of ketones is 1. The number of benzene rings is 1. The summed E-state index contributed by atoms with van der Waals surface area (Å²) in [6.45, 7) is 3.22. The number of hydrogen-bond acceptors (Lipinski definition) is 5. The summed E-state index contributed by atoms with van der Waals surface area (Å²) in [6.07, 6.45) is -0.152. The van der Waals surface area contributed by atoms with Crippen LogP contribution >= 0.6 is 0 Å². The third kappa shape index (κ3) is 5.35. The molecular weight excluding hydrogens is 274 g/mol. The van der Waals surface area contributed by atoms with E-state index in [-0.39, 0.29) is 18.8 Å². The van der Waals surface area contributed by atoms with Crippen LogP contribution in [0.15, 0.2) is 30.3 Å². The van der Waals surface area contributed by atoms with E-state index in [0.717, 1.165) is 0 Å². The van der Waals surface area contributed by atoms with Crippen LogP contribution in [0.1, 0.15) is 30.6 Å². The van der Waals surface area contributed by atoms with Crippen LogP contribution in [-0.4, -0.2) is 41.5 Å². The molecule has 0 saturated heterocycles. The maximum absolute atomic E-state index is 12.1. The minimum absolute atomic E-state index is 0.152. The molecule has 0 aliphatic heterocycles. The third-order valence-electron chi connectivity index (χ3n) is 2.88. The summed E-state index contributed by atoms with van der Waals surface area (Å²) in [6, 6.07) is 6.58. The SMILES string of the molecule is CCOC(=O)C(CC(=O)c1ccccc1)N[C@@H](C)C(=O)O. The van der Waals surface area contributed by atoms with Crippen molar-refractivity contribution in [3.05, 3.63) is 35.9 Å². The number of carboxylic acids is 1. The van der Waals surface area contributed by atoms with E-state index in [9.17, 15) is 14.4 Å². The van der Waals surface area contributed by atoms with Crippen LogP contribution in [0.4, 0.5) is 0 Å². The molecule has 0 saturated carbocycles. The van der Waals surface area contributed by atoms with Crippen molar-refractivity contribution in [3.63, 3.8) is 0 Å². The molecule has 0 aliphatic rings.